The van der Waals surface area contributed by atoms with Gasteiger partial charge >= 0.3 is 0 Å². The van der Waals surface area contributed by atoms with Crippen LogP contribution in [0.5, 0.6) is 0 Å². The summed E-state index contributed by atoms with van der Waals surface area (Å²) in [5.74, 6) is -0.455. The van der Waals surface area contributed by atoms with Crippen molar-refractivity contribution in [1.82, 2.24) is 14.5 Å². The third kappa shape index (κ3) is 2.64. The molecule has 2 N–H and O–H groups in total. The number of amides is 1. The van der Waals surface area contributed by atoms with Crippen molar-refractivity contribution in [1.29, 1.82) is 0 Å². The second-order valence-electron chi connectivity index (χ2n) is 5.55. The van der Waals surface area contributed by atoms with Crippen LogP contribution in [-0.4, -0.2) is 20.4 Å². The van der Waals surface area contributed by atoms with E-state index in [-0.39, 0.29) is 0 Å². The molecule has 0 bridgehead atoms. The molecule has 0 fully saturated rings. The van der Waals surface area contributed by atoms with Gasteiger partial charge in [-0.25, -0.2) is 9.97 Å². The molecule has 0 spiro atoms. The lowest BCUT2D eigenvalue weighted by Gasteiger charge is -2.04. The molecule has 2 heterocycles. The molecule has 0 saturated heterocycles. The van der Waals surface area contributed by atoms with E-state index in [2.05, 4.69) is 9.97 Å². The fraction of sp³-hybridized carbons (Fsp3) is 0. The largest absolute Gasteiger partial charge is 0.366 e. The van der Waals surface area contributed by atoms with Gasteiger partial charge in [0.2, 0.25) is 5.91 Å². The number of halogens is 1. The minimum atomic E-state index is -0.455. The van der Waals surface area contributed by atoms with Crippen LogP contribution in [0.1, 0.15) is 10.4 Å². The normalized spacial score (nSPS) is 10.9. The van der Waals surface area contributed by atoms with Gasteiger partial charge in [-0.15, -0.1) is 0 Å². The van der Waals surface area contributed by atoms with Crippen LogP contribution in [0.15, 0.2) is 67.1 Å². The zero-order valence-corrected chi connectivity index (χ0v) is 13.8. The van der Waals surface area contributed by atoms with E-state index in [1.165, 1.54) is 6.33 Å². The van der Waals surface area contributed by atoms with Crippen LogP contribution in [0.3, 0.4) is 0 Å². The third-order valence-corrected chi connectivity index (χ3v) is 4.32. The first kappa shape index (κ1) is 15.4. The Hall–Kier alpha value is -3.18. The predicted molar refractivity (Wildman–Crippen MR) is 97.8 cm³/mol. The van der Waals surface area contributed by atoms with E-state index in [1.54, 1.807) is 12.1 Å². The summed E-state index contributed by atoms with van der Waals surface area (Å²) in [5.41, 5.74) is 10.0. The van der Waals surface area contributed by atoms with Gasteiger partial charge in [-0.1, -0.05) is 41.9 Å². The van der Waals surface area contributed by atoms with E-state index < -0.39 is 5.91 Å². The predicted octanol–water partition coefficient (Wildman–Crippen LogP) is 3.84. The Morgan fingerprint density at radius 1 is 1.00 bits per heavy atom. The van der Waals surface area contributed by atoms with Crippen LogP contribution in [0, 0.1) is 0 Å². The van der Waals surface area contributed by atoms with Gasteiger partial charge in [-0.3, -0.25) is 4.79 Å². The van der Waals surface area contributed by atoms with Crippen molar-refractivity contribution < 1.29 is 4.79 Å². The lowest BCUT2D eigenvalue weighted by Crippen LogP contribution is -2.10. The van der Waals surface area contributed by atoms with Crippen molar-refractivity contribution in [3.63, 3.8) is 0 Å². The molecule has 0 aliphatic rings. The zero-order valence-electron chi connectivity index (χ0n) is 13.1. The Balaban J connectivity index is 1.96. The highest BCUT2D eigenvalue weighted by molar-refractivity contribution is 6.34. The van der Waals surface area contributed by atoms with E-state index in [0.717, 1.165) is 27.8 Å². The molecule has 2 aromatic carbocycles. The van der Waals surface area contributed by atoms with Crippen LogP contribution >= 0.6 is 11.6 Å². The van der Waals surface area contributed by atoms with Crippen molar-refractivity contribution in [2.75, 3.05) is 0 Å². The Bertz CT molecular complexity index is 1070. The van der Waals surface area contributed by atoms with Gasteiger partial charge in [0.25, 0.3) is 0 Å². The van der Waals surface area contributed by atoms with E-state index >= 15 is 0 Å². The molecule has 0 saturated carbocycles. The number of nitrogens with two attached hydrogens (primary N) is 1. The lowest BCUT2D eigenvalue weighted by atomic mass is 10.1. The maximum absolute atomic E-state index is 11.3. The molecule has 2 aromatic heterocycles. The molecule has 122 valence electrons. The quantitative estimate of drug-likeness (QED) is 0.572. The maximum Gasteiger partial charge on any atom is 0.248 e. The Labute approximate surface area is 148 Å². The fourth-order valence-corrected chi connectivity index (χ4v) is 3.06. The molecule has 4 rings (SSSR count). The third-order valence-electron chi connectivity index (χ3n) is 4.05. The van der Waals surface area contributed by atoms with Gasteiger partial charge in [0.1, 0.15) is 17.4 Å². The standard InChI is InChI=1S/C19H13ClN4O/c20-18-17-16(22-11-23-18)15(10-24(17)14-4-2-1-3-5-14)12-6-8-13(9-7-12)19(21)25/h1-11H,(H2,21,25). The van der Waals surface area contributed by atoms with Crippen molar-refractivity contribution in [2.24, 2.45) is 5.73 Å². The number of carbonyl (C=O) groups is 1. The number of benzene rings is 2. The Kier molecular flexibility index (Phi) is 3.71. The van der Waals surface area contributed by atoms with E-state index in [0.29, 0.717) is 10.7 Å². The molecular weight excluding hydrogens is 336 g/mol. The molecule has 4 aromatic rings. The number of para-hydroxylation sites is 1. The summed E-state index contributed by atoms with van der Waals surface area (Å²) in [6, 6.07) is 16.9. The number of hydrogen-bond donors (Lipinski definition) is 1. The summed E-state index contributed by atoms with van der Waals surface area (Å²) in [5, 5.41) is 0.383. The number of hydrogen-bond acceptors (Lipinski definition) is 3. The number of fused-ring (bicyclic) bond motifs is 1. The fourth-order valence-electron chi connectivity index (χ4n) is 2.84. The number of rotatable bonds is 3. The molecule has 0 unspecified atom stereocenters. The smallest absolute Gasteiger partial charge is 0.248 e. The molecule has 5 nitrogen and oxygen atoms in total. The summed E-state index contributed by atoms with van der Waals surface area (Å²) in [7, 11) is 0. The van der Waals surface area contributed by atoms with Crippen molar-refractivity contribution in [3.8, 4) is 16.8 Å². The van der Waals surface area contributed by atoms with Crippen molar-refractivity contribution in [2.45, 2.75) is 0 Å². The van der Waals surface area contributed by atoms with E-state index in [4.69, 9.17) is 17.3 Å². The second kappa shape index (κ2) is 6.03. The minimum Gasteiger partial charge on any atom is -0.366 e. The summed E-state index contributed by atoms with van der Waals surface area (Å²) >= 11 is 6.35. The minimum absolute atomic E-state index is 0.383. The van der Waals surface area contributed by atoms with Crippen molar-refractivity contribution >= 4 is 28.5 Å². The number of nitrogens with zero attached hydrogens (tertiary/aromatic N) is 3. The second-order valence-corrected chi connectivity index (χ2v) is 5.91. The monoisotopic (exact) mass is 348 g/mol. The molecule has 0 radical (unpaired) electrons. The first-order chi connectivity index (χ1) is 12.1. The summed E-state index contributed by atoms with van der Waals surface area (Å²) in [6.07, 6.45) is 3.42. The first-order valence-corrected chi connectivity index (χ1v) is 8.00. The van der Waals surface area contributed by atoms with Gasteiger partial charge in [0.15, 0.2) is 5.15 Å². The van der Waals surface area contributed by atoms with Crippen LogP contribution in [0.25, 0.3) is 27.8 Å². The Morgan fingerprint density at radius 2 is 1.72 bits per heavy atom. The number of primary amides is 1. The van der Waals surface area contributed by atoms with Crippen LogP contribution in [0.4, 0.5) is 0 Å². The molecular formula is C19H13ClN4O. The summed E-state index contributed by atoms with van der Waals surface area (Å²) in [4.78, 5) is 19.8. The van der Waals surface area contributed by atoms with Crippen LogP contribution < -0.4 is 5.73 Å². The molecule has 0 aliphatic heterocycles. The highest BCUT2D eigenvalue weighted by Gasteiger charge is 2.16. The first-order valence-electron chi connectivity index (χ1n) is 7.62. The van der Waals surface area contributed by atoms with Gasteiger partial charge < -0.3 is 10.3 Å². The topological polar surface area (TPSA) is 73.8 Å². The molecule has 1 amide bonds. The average Bonchev–Trinajstić information content (AvgIpc) is 3.03. The van der Waals surface area contributed by atoms with Crippen LogP contribution in [-0.2, 0) is 0 Å². The number of aromatic nitrogens is 3. The molecule has 0 atom stereocenters. The molecule has 0 aliphatic carbocycles. The van der Waals surface area contributed by atoms with E-state index in [9.17, 15) is 4.79 Å². The van der Waals surface area contributed by atoms with Gasteiger partial charge in [-0.2, -0.15) is 0 Å². The summed E-state index contributed by atoms with van der Waals surface area (Å²) < 4.78 is 1.97. The molecule has 6 heteroatoms. The van der Waals surface area contributed by atoms with Crippen molar-refractivity contribution in [3.05, 3.63) is 77.8 Å². The zero-order chi connectivity index (χ0) is 17.4. The SMILES string of the molecule is NC(=O)c1ccc(-c2cn(-c3ccccc3)c3c(Cl)ncnc23)cc1. The van der Waals surface area contributed by atoms with Crippen LogP contribution in [0.2, 0.25) is 5.15 Å². The highest BCUT2D eigenvalue weighted by atomic mass is 35.5. The van der Waals surface area contributed by atoms with Gasteiger partial charge in [0, 0.05) is 23.0 Å². The average molecular weight is 349 g/mol. The van der Waals surface area contributed by atoms with E-state index in [1.807, 2.05) is 53.2 Å². The highest BCUT2D eigenvalue weighted by Crippen LogP contribution is 2.34. The molecule has 25 heavy (non-hydrogen) atoms. The summed E-state index contributed by atoms with van der Waals surface area (Å²) in [6.45, 7) is 0. The number of carbonyl (C=O) groups excluding carboxylic acids is 1. The van der Waals surface area contributed by atoms with Gasteiger partial charge in [0.05, 0.1) is 0 Å². The maximum atomic E-state index is 11.3. The lowest BCUT2D eigenvalue weighted by molar-refractivity contribution is 0.100. The van der Waals surface area contributed by atoms with Gasteiger partial charge in [-0.05, 0) is 29.8 Å². The Morgan fingerprint density at radius 3 is 2.40 bits per heavy atom.